The van der Waals surface area contributed by atoms with Gasteiger partial charge < -0.3 is 10.1 Å². The van der Waals surface area contributed by atoms with Crippen molar-refractivity contribution in [3.63, 3.8) is 0 Å². The molecule has 2 nitrogen and oxygen atoms in total. The number of methoxy groups -OCH3 is 1. The van der Waals surface area contributed by atoms with Crippen LogP contribution in [-0.4, -0.2) is 19.8 Å². The predicted octanol–water partition coefficient (Wildman–Crippen LogP) is 3.72. The summed E-state index contributed by atoms with van der Waals surface area (Å²) in [5.74, 6) is 0. The van der Waals surface area contributed by atoms with Crippen LogP contribution < -0.4 is 5.32 Å². The molecule has 0 aliphatic heterocycles. The Bertz CT molecular complexity index is 425. The lowest BCUT2D eigenvalue weighted by molar-refractivity contribution is 0.167. The minimum Gasteiger partial charge on any atom is -0.383 e. The van der Waals surface area contributed by atoms with E-state index in [4.69, 9.17) is 4.74 Å². The lowest BCUT2D eigenvalue weighted by Gasteiger charge is -2.21. The normalized spacial score (nSPS) is 14.6. The molecule has 0 aliphatic rings. The van der Waals surface area contributed by atoms with E-state index in [0.717, 1.165) is 13.0 Å². The van der Waals surface area contributed by atoms with Gasteiger partial charge in [-0.05, 0) is 29.8 Å². The van der Waals surface area contributed by atoms with Gasteiger partial charge in [0.2, 0.25) is 0 Å². The van der Waals surface area contributed by atoms with Gasteiger partial charge in [0.15, 0.2) is 0 Å². The fourth-order valence-electron chi connectivity index (χ4n) is 2.00. The maximum Gasteiger partial charge on any atom is 0.0613 e. The first kappa shape index (κ1) is 13.7. The van der Waals surface area contributed by atoms with Crippen molar-refractivity contribution in [3.05, 3.63) is 44.8 Å². The highest BCUT2D eigenvalue weighted by molar-refractivity contribution is 7.10. The van der Waals surface area contributed by atoms with Gasteiger partial charge in [-0.3, -0.25) is 0 Å². The van der Waals surface area contributed by atoms with E-state index >= 15 is 0 Å². The van der Waals surface area contributed by atoms with Gasteiger partial charge in [-0.1, -0.05) is 12.1 Å². The van der Waals surface area contributed by atoms with Crippen LogP contribution in [0.3, 0.4) is 0 Å². The van der Waals surface area contributed by atoms with Gasteiger partial charge in [0.1, 0.15) is 0 Å². The zero-order valence-electron chi connectivity index (χ0n) is 10.8. The maximum absolute atomic E-state index is 5.20. The predicted molar refractivity (Wildman–Crippen MR) is 79.6 cm³/mol. The maximum atomic E-state index is 5.20. The number of thiophene rings is 2. The van der Waals surface area contributed by atoms with Gasteiger partial charge in [0.25, 0.3) is 0 Å². The van der Waals surface area contributed by atoms with Gasteiger partial charge in [-0.15, -0.1) is 22.7 Å². The molecule has 0 bridgehead atoms. The summed E-state index contributed by atoms with van der Waals surface area (Å²) in [5.41, 5.74) is 0. The van der Waals surface area contributed by atoms with Crippen molar-refractivity contribution in [1.29, 1.82) is 0 Å². The second-order valence-corrected chi connectivity index (χ2v) is 6.39. The van der Waals surface area contributed by atoms with Crippen molar-refractivity contribution in [2.75, 3.05) is 13.7 Å². The fraction of sp³-hybridized carbons (Fsp3) is 0.429. The summed E-state index contributed by atoms with van der Waals surface area (Å²) in [7, 11) is 1.75. The summed E-state index contributed by atoms with van der Waals surface area (Å²) in [5, 5.41) is 7.93. The first-order valence-electron chi connectivity index (χ1n) is 6.10. The van der Waals surface area contributed by atoms with Gasteiger partial charge in [-0.2, -0.15) is 0 Å². The minimum absolute atomic E-state index is 0.363. The summed E-state index contributed by atoms with van der Waals surface area (Å²) in [4.78, 5) is 2.82. The zero-order valence-corrected chi connectivity index (χ0v) is 12.4. The van der Waals surface area contributed by atoms with Gasteiger partial charge in [0.05, 0.1) is 6.61 Å². The molecule has 2 atom stereocenters. The van der Waals surface area contributed by atoms with Crippen molar-refractivity contribution in [1.82, 2.24) is 5.32 Å². The molecule has 0 saturated heterocycles. The highest BCUT2D eigenvalue weighted by Gasteiger charge is 2.16. The van der Waals surface area contributed by atoms with E-state index in [1.54, 1.807) is 7.11 Å². The third kappa shape index (κ3) is 3.92. The van der Waals surface area contributed by atoms with Crippen LogP contribution in [0.4, 0.5) is 0 Å². The molecular weight excluding hydrogens is 262 g/mol. The van der Waals surface area contributed by atoms with Crippen LogP contribution in [0.15, 0.2) is 35.0 Å². The minimum atomic E-state index is 0.363. The molecule has 2 rings (SSSR count). The molecule has 0 amide bonds. The van der Waals surface area contributed by atoms with Gasteiger partial charge in [0, 0.05) is 35.4 Å². The van der Waals surface area contributed by atoms with Crippen molar-refractivity contribution in [3.8, 4) is 0 Å². The smallest absolute Gasteiger partial charge is 0.0613 e. The van der Waals surface area contributed by atoms with Crippen molar-refractivity contribution >= 4 is 22.7 Å². The monoisotopic (exact) mass is 281 g/mol. The Morgan fingerprint density at radius 1 is 1.22 bits per heavy atom. The summed E-state index contributed by atoms with van der Waals surface area (Å²) in [6, 6.07) is 9.38. The quantitative estimate of drug-likeness (QED) is 0.835. The number of hydrogen-bond acceptors (Lipinski definition) is 4. The molecule has 2 aromatic rings. The molecule has 0 aliphatic carbocycles. The second kappa shape index (κ2) is 7.04. The molecule has 0 radical (unpaired) electrons. The molecule has 98 valence electrons. The van der Waals surface area contributed by atoms with Gasteiger partial charge in [-0.25, -0.2) is 0 Å². The van der Waals surface area contributed by atoms with E-state index in [9.17, 15) is 0 Å². The van der Waals surface area contributed by atoms with Crippen LogP contribution in [0.25, 0.3) is 0 Å². The molecule has 0 aromatic carbocycles. The molecule has 0 spiro atoms. The lowest BCUT2D eigenvalue weighted by atomic mass is 10.1. The second-order valence-electron chi connectivity index (χ2n) is 4.37. The summed E-state index contributed by atoms with van der Waals surface area (Å²) in [6.07, 6.45) is 1.05. The average molecular weight is 281 g/mol. The highest BCUT2D eigenvalue weighted by Crippen LogP contribution is 2.25. The van der Waals surface area contributed by atoms with Crippen LogP contribution in [-0.2, 0) is 11.2 Å². The molecular formula is C14H19NOS2. The van der Waals surface area contributed by atoms with E-state index in [-0.39, 0.29) is 0 Å². The topological polar surface area (TPSA) is 21.3 Å². The fourth-order valence-corrected chi connectivity index (χ4v) is 3.54. The lowest BCUT2D eigenvalue weighted by Crippen LogP contribution is -2.34. The van der Waals surface area contributed by atoms with Crippen LogP contribution >= 0.6 is 22.7 Å². The molecule has 2 unspecified atom stereocenters. The molecule has 0 saturated carbocycles. The van der Waals surface area contributed by atoms with Crippen LogP contribution in [0, 0.1) is 0 Å². The van der Waals surface area contributed by atoms with E-state index < -0.39 is 0 Å². The molecule has 4 heteroatoms. The first-order valence-corrected chi connectivity index (χ1v) is 7.86. The Hall–Kier alpha value is -0.680. The highest BCUT2D eigenvalue weighted by atomic mass is 32.1. The van der Waals surface area contributed by atoms with Crippen molar-refractivity contribution in [2.45, 2.75) is 25.4 Å². The molecule has 2 aromatic heterocycles. The Labute approximate surface area is 117 Å². The summed E-state index contributed by atoms with van der Waals surface area (Å²) >= 11 is 3.64. The number of ether oxygens (including phenoxy) is 1. The Morgan fingerprint density at radius 2 is 2.00 bits per heavy atom. The average Bonchev–Trinajstić information content (AvgIpc) is 3.01. The molecule has 2 heterocycles. The number of nitrogens with one attached hydrogen (secondary N) is 1. The van der Waals surface area contributed by atoms with Crippen molar-refractivity contribution < 1.29 is 4.74 Å². The third-order valence-electron chi connectivity index (χ3n) is 2.77. The standard InChI is InChI=1S/C14H19NOS2/c1-11(10-16-2)15-13(14-6-4-8-18-14)9-12-5-3-7-17-12/h3-8,11,13,15H,9-10H2,1-2H3. The van der Waals surface area contributed by atoms with Crippen LogP contribution in [0.5, 0.6) is 0 Å². The van der Waals surface area contributed by atoms with Crippen LogP contribution in [0.2, 0.25) is 0 Å². The van der Waals surface area contributed by atoms with E-state index in [0.29, 0.717) is 12.1 Å². The number of hydrogen-bond donors (Lipinski definition) is 1. The number of rotatable bonds is 7. The Balaban J connectivity index is 2.03. The summed E-state index contributed by atoms with van der Waals surface area (Å²) in [6.45, 7) is 2.91. The molecule has 0 fully saturated rings. The third-order valence-corrected chi connectivity index (χ3v) is 4.66. The SMILES string of the molecule is COCC(C)NC(Cc1cccs1)c1cccs1. The Kier molecular flexibility index (Phi) is 5.38. The van der Waals surface area contributed by atoms with Crippen molar-refractivity contribution in [2.24, 2.45) is 0 Å². The van der Waals surface area contributed by atoms with Crippen LogP contribution in [0.1, 0.15) is 22.7 Å². The summed E-state index contributed by atoms with van der Waals surface area (Å²) < 4.78 is 5.20. The Morgan fingerprint density at radius 3 is 2.61 bits per heavy atom. The van der Waals surface area contributed by atoms with Gasteiger partial charge >= 0.3 is 0 Å². The zero-order chi connectivity index (χ0) is 12.8. The molecule has 1 N–H and O–H groups in total. The van der Waals surface area contributed by atoms with E-state index in [2.05, 4.69) is 47.3 Å². The molecule has 18 heavy (non-hydrogen) atoms. The van der Waals surface area contributed by atoms with E-state index in [1.165, 1.54) is 9.75 Å². The first-order chi connectivity index (χ1) is 8.79. The van der Waals surface area contributed by atoms with E-state index in [1.807, 2.05) is 22.7 Å². The largest absolute Gasteiger partial charge is 0.383 e.